The molecule has 0 bridgehead atoms. The third kappa shape index (κ3) is 3.08. The maximum atomic E-state index is 13.7. The highest BCUT2D eigenvalue weighted by molar-refractivity contribution is 5.93. The third-order valence-electron chi connectivity index (χ3n) is 16.8. The average molecular weight is 703 g/mol. The topological polar surface area (TPSA) is 98.8 Å². The highest BCUT2D eigenvalue weighted by Gasteiger charge is 2.75. The highest BCUT2D eigenvalue weighted by atomic mass is 16.6. The minimum atomic E-state index is -0.770. The number of esters is 1. The van der Waals surface area contributed by atoms with Crippen molar-refractivity contribution in [3.8, 4) is 5.75 Å². The monoisotopic (exact) mass is 702 g/mol. The molecule has 2 aromatic rings. The molecule has 12 rings (SSSR count). The van der Waals surface area contributed by atoms with Crippen LogP contribution in [0.3, 0.4) is 0 Å². The predicted octanol–water partition coefficient (Wildman–Crippen LogP) is 5.74. The zero-order valence-corrected chi connectivity index (χ0v) is 31.2. The van der Waals surface area contributed by atoms with Crippen molar-refractivity contribution in [2.75, 3.05) is 37.4 Å². The van der Waals surface area contributed by atoms with Crippen LogP contribution in [0.15, 0.2) is 46.8 Å². The Bertz CT molecular complexity index is 2130. The number of aryl methyl sites for hydroxylation is 1. The minimum Gasteiger partial charge on any atom is -0.485 e. The van der Waals surface area contributed by atoms with Gasteiger partial charge in [-0.3, -0.25) is 9.80 Å². The SMILES string of the molecule is CCC12CC(C)=C3Nc4cc5c(cc4[C@@]34CCN(CC3O[C@H]31)[C@@H]24)C1C(O5)[C@@H](O)C2(CC)CC(C(=O)OC)=C3Nc4c(ccc(C)c4C)[C@@]34CCN1[C@@H]24. The number of carbonyl (C=O) groups is 1. The van der Waals surface area contributed by atoms with Crippen LogP contribution in [-0.4, -0.2) is 84.1 Å². The summed E-state index contributed by atoms with van der Waals surface area (Å²) in [6.07, 6.45) is 4.90. The molecule has 5 saturated heterocycles. The van der Waals surface area contributed by atoms with Gasteiger partial charge < -0.3 is 30.0 Å². The van der Waals surface area contributed by atoms with Crippen LogP contribution in [0.2, 0.25) is 0 Å². The first-order valence-electron chi connectivity index (χ1n) is 19.9. The summed E-state index contributed by atoms with van der Waals surface area (Å²) in [5, 5.41) is 20.7. The second-order valence-electron chi connectivity index (χ2n) is 18.2. The number of anilines is 2. The Morgan fingerprint density at radius 3 is 2.56 bits per heavy atom. The van der Waals surface area contributed by atoms with Crippen LogP contribution in [-0.2, 0) is 25.1 Å². The van der Waals surface area contributed by atoms with Gasteiger partial charge in [0, 0.05) is 70.4 Å². The van der Waals surface area contributed by atoms with E-state index < -0.39 is 23.0 Å². The molecule has 0 amide bonds. The van der Waals surface area contributed by atoms with E-state index in [1.54, 1.807) is 0 Å². The van der Waals surface area contributed by atoms with Crippen molar-refractivity contribution >= 4 is 17.3 Å². The highest BCUT2D eigenvalue weighted by Crippen LogP contribution is 2.72. The number of hydrogen-bond donors (Lipinski definition) is 3. The summed E-state index contributed by atoms with van der Waals surface area (Å²) in [6.45, 7) is 14.3. The summed E-state index contributed by atoms with van der Waals surface area (Å²) < 4.78 is 19.0. The van der Waals surface area contributed by atoms with Crippen LogP contribution in [0, 0.1) is 24.7 Å². The molecule has 0 aromatic heterocycles. The summed E-state index contributed by atoms with van der Waals surface area (Å²) in [6, 6.07) is 9.63. The predicted molar refractivity (Wildman–Crippen MR) is 196 cm³/mol. The molecule has 10 aliphatic rings. The van der Waals surface area contributed by atoms with Gasteiger partial charge in [-0.25, -0.2) is 4.79 Å². The van der Waals surface area contributed by atoms with Gasteiger partial charge in [-0.15, -0.1) is 0 Å². The summed E-state index contributed by atoms with van der Waals surface area (Å²) in [4.78, 5) is 19.2. The number of ether oxygens (including phenoxy) is 3. The van der Waals surface area contributed by atoms with Crippen molar-refractivity contribution in [2.45, 2.75) is 127 Å². The Kier molecular flexibility index (Phi) is 5.64. The number of benzene rings is 2. The molecule has 3 N–H and O–H groups in total. The van der Waals surface area contributed by atoms with Crippen molar-refractivity contribution < 1.29 is 24.1 Å². The molecule has 11 atom stereocenters. The van der Waals surface area contributed by atoms with Crippen LogP contribution in [0.5, 0.6) is 5.75 Å². The molecule has 9 nitrogen and oxygen atoms in total. The molecule has 8 aliphatic heterocycles. The second-order valence-corrected chi connectivity index (χ2v) is 18.2. The van der Waals surface area contributed by atoms with E-state index in [0.717, 1.165) is 68.9 Å². The van der Waals surface area contributed by atoms with Gasteiger partial charge in [-0.05, 0) is 94.2 Å². The summed E-state index contributed by atoms with van der Waals surface area (Å²) in [7, 11) is 1.48. The van der Waals surface area contributed by atoms with Crippen LogP contribution in [0.25, 0.3) is 0 Å². The number of aliphatic hydroxyl groups is 1. The van der Waals surface area contributed by atoms with Gasteiger partial charge in [0.05, 0.1) is 41.8 Å². The van der Waals surface area contributed by atoms with Gasteiger partial charge in [0.15, 0.2) is 0 Å². The second kappa shape index (κ2) is 9.46. The Balaban J connectivity index is 1.04. The average Bonchev–Trinajstić information content (AvgIpc) is 3.50. The number of methoxy groups -OCH3 is 1. The molecule has 5 fully saturated rings. The number of epoxide rings is 1. The van der Waals surface area contributed by atoms with E-state index in [1.165, 1.54) is 51.9 Å². The normalized spacial score (nSPS) is 43.6. The van der Waals surface area contributed by atoms with Gasteiger partial charge >= 0.3 is 5.97 Å². The Labute approximate surface area is 305 Å². The third-order valence-corrected chi connectivity index (χ3v) is 16.8. The Hall–Kier alpha value is -3.37. The number of nitrogens with zero attached hydrogens (tertiary/aromatic N) is 2. The number of aliphatic hydroxyl groups excluding tert-OH is 1. The van der Waals surface area contributed by atoms with Crippen LogP contribution in [0.1, 0.15) is 93.2 Å². The van der Waals surface area contributed by atoms with E-state index >= 15 is 0 Å². The molecule has 8 heterocycles. The van der Waals surface area contributed by atoms with Crippen molar-refractivity contribution in [3.05, 3.63) is 74.6 Å². The lowest BCUT2D eigenvalue weighted by molar-refractivity contribution is -0.168. The van der Waals surface area contributed by atoms with E-state index in [1.807, 2.05) is 0 Å². The Morgan fingerprint density at radius 1 is 0.981 bits per heavy atom. The van der Waals surface area contributed by atoms with Gasteiger partial charge in [-0.1, -0.05) is 31.6 Å². The van der Waals surface area contributed by atoms with E-state index in [4.69, 9.17) is 14.2 Å². The standard InChI is InChI=1S/C43H50N4O5/c1-7-40-18-24(37(49)50-6)34-42(25-10-9-20(3)22(5)30(25)45-34)12-14-47(39(40)42)31-23-15-26-27(16-28(23)51-32(31)35(40)48)44-33-21(4)17-41(8-2)36-29(52-36)19-46-13-11-43(26,33)38(41)46/h9-10,15-16,29,31-32,35-36,38-39,44-45,48H,7-8,11-14,17-19H2,1-6H3/t29?,31?,32?,35-,36-,38+,39+,40?,41?,42+,43+/m1/s1. The van der Waals surface area contributed by atoms with Gasteiger partial charge in [0.2, 0.25) is 0 Å². The maximum absolute atomic E-state index is 13.7. The molecular weight excluding hydrogens is 652 g/mol. The Morgan fingerprint density at radius 2 is 1.77 bits per heavy atom. The van der Waals surface area contributed by atoms with E-state index in [0.29, 0.717) is 30.2 Å². The molecule has 0 radical (unpaired) electrons. The first kappa shape index (κ1) is 31.0. The zero-order valence-electron chi connectivity index (χ0n) is 31.2. The molecule has 52 heavy (non-hydrogen) atoms. The number of rotatable bonds is 3. The van der Waals surface area contributed by atoms with Gasteiger partial charge in [-0.2, -0.15) is 0 Å². The number of nitrogens with one attached hydrogen (secondary N) is 2. The summed E-state index contributed by atoms with van der Waals surface area (Å²) >= 11 is 0. The van der Waals surface area contributed by atoms with Crippen molar-refractivity contribution in [2.24, 2.45) is 10.8 Å². The lowest BCUT2D eigenvalue weighted by atomic mass is 9.51. The molecule has 2 aliphatic carbocycles. The smallest absolute Gasteiger partial charge is 0.335 e. The van der Waals surface area contributed by atoms with Crippen molar-refractivity contribution in [1.82, 2.24) is 9.80 Å². The van der Waals surface area contributed by atoms with Crippen LogP contribution < -0.4 is 15.4 Å². The lowest BCUT2D eigenvalue weighted by Gasteiger charge is -2.60. The van der Waals surface area contributed by atoms with Gasteiger partial charge in [0.1, 0.15) is 18.0 Å². The maximum Gasteiger partial charge on any atom is 0.335 e. The molecule has 9 heteroatoms. The fraction of sp³-hybridized carbons (Fsp3) is 0.605. The largest absolute Gasteiger partial charge is 0.485 e. The fourth-order valence-electron chi connectivity index (χ4n) is 14.7. The number of allylic oxidation sites excluding steroid dienone is 1. The first-order chi connectivity index (χ1) is 25.1. The minimum absolute atomic E-state index is 0.0102. The number of piperidine rings is 2. The molecule has 272 valence electrons. The molecule has 0 saturated carbocycles. The number of hydrogen-bond acceptors (Lipinski definition) is 9. The summed E-state index contributed by atoms with van der Waals surface area (Å²) in [5.41, 5.74) is 12.2. The molecular formula is C43H50N4O5. The van der Waals surface area contributed by atoms with E-state index in [9.17, 15) is 9.90 Å². The lowest BCUT2D eigenvalue weighted by Crippen LogP contribution is -2.69. The zero-order chi connectivity index (χ0) is 35.4. The quantitative estimate of drug-likeness (QED) is 0.274. The van der Waals surface area contributed by atoms with Crippen LogP contribution >= 0.6 is 0 Å². The van der Waals surface area contributed by atoms with Crippen LogP contribution in [0.4, 0.5) is 11.4 Å². The van der Waals surface area contributed by atoms with E-state index in [2.05, 4.69) is 79.3 Å². The van der Waals surface area contributed by atoms with E-state index in [-0.39, 0.29) is 28.9 Å². The number of carbonyl (C=O) groups excluding carboxylic acids is 1. The molecule has 2 aromatic carbocycles. The van der Waals surface area contributed by atoms with Crippen molar-refractivity contribution in [1.29, 1.82) is 0 Å². The van der Waals surface area contributed by atoms with Gasteiger partial charge in [0.25, 0.3) is 0 Å². The fourth-order valence-corrected chi connectivity index (χ4v) is 14.7. The van der Waals surface area contributed by atoms with Crippen molar-refractivity contribution in [3.63, 3.8) is 0 Å². The summed E-state index contributed by atoms with van der Waals surface area (Å²) in [5.74, 6) is 0.592. The molecule has 5 unspecified atom stereocenters. The number of fused-ring (bicyclic) bond motifs is 8. The molecule has 2 spiro atoms. The first-order valence-corrected chi connectivity index (χ1v) is 19.9.